The first kappa shape index (κ1) is 20.0. The molecule has 2 atom stereocenters. The molecular weight excluding hydrogens is 360 g/mol. The van der Waals surface area contributed by atoms with Gasteiger partial charge in [-0.3, -0.25) is 0 Å². The van der Waals surface area contributed by atoms with Crippen LogP contribution in [-0.2, 0) is 10.3 Å². The maximum atomic E-state index is 5.82. The first-order valence-corrected chi connectivity index (χ1v) is 10.7. The molecule has 2 unspecified atom stereocenters. The van der Waals surface area contributed by atoms with E-state index in [9.17, 15) is 0 Å². The van der Waals surface area contributed by atoms with Crippen molar-refractivity contribution in [1.82, 2.24) is 14.7 Å². The van der Waals surface area contributed by atoms with E-state index >= 15 is 0 Å². The van der Waals surface area contributed by atoms with Crippen molar-refractivity contribution >= 4 is 11.5 Å². The first-order valence-electron chi connectivity index (χ1n) is 10.7. The van der Waals surface area contributed by atoms with Crippen molar-refractivity contribution < 1.29 is 4.74 Å². The van der Waals surface area contributed by atoms with Crippen LogP contribution in [-0.4, -0.2) is 40.0 Å². The van der Waals surface area contributed by atoms with Gasteiger partial charge in [0, 0.05) is 19.4 Å². The van der Waals surface area contributed by atoms with Crippen molar-refractivity contribution in [3.05, 3.63) is 54.2 Å². The largest absolute Gasteiger partial charge is 0.377 e. The molecule has 5 nitrogen and oxygen atoms in total. The van der Waals surface area contributed by atoms with Gasteiger partial charge in [0.05, 0.1) is 35.0 Å². The zero-order chi connectivity index (χ0) is 20.8. The number of ether oxygens (including phenoxy) is 1. The lowest BCUT2D eigenvalue weighted by Crippen LogP contribution is -2.46. The van der Waals surface area contributed by atoms with E-state index in [-0.39, 0.29) is 17.2 Å². The number of aromatic nitrogens is 2. The minimum absolute atomic E-state index is 0.0736. The van der Waals surface area contributed by atoms with Gasteiger partial charge in [-0.2, -0.15) is 5.10 Å². The second kappa shape index (κ2) is 7.21. The maximum absolute atomic E-state index is 5.82. The summed E-state index contributed by atoms with van der Waals surface area (Å²) in [5, 5.41) is 8.54. The van der Waals surface area contributed by atoms with Gasteiger partial charge in [0.15, 0.2) is 0 Å². The molecule has 2 aromatic rings. The smallest absolute Gasteiger partial charge is 0.134 e. The summed E-state index contributed by atoms with van der Waals surface area (Å²) >= 11 is 0. The van der Waals surface area contributed by atoms with E-state index < -0.39 is 0 Å². The number of anilines is 1. The Hall–Kier alpha value is -2.27. The third-order valence-corrected chi connectivity index (χ3v) is 6.80. The summed E-state index contributed by atoms with van der Waals surface area (Å²) in [5.41, 5.74) is 3.15. The van der Waals surface area contributed by atoms with Gasteiger partial charge in [-0.25, -0.2) is 4.68 Å². The molecule has 0 saturated carbocycles. The third-order valence-electron chi connectivity index (χ3n) is 6.80. The molecule has 2 aliphatic rings. The predicted octanol–water partition coefficient (Wildman–Crippen LogP) is 5.04. The Morgan fingerprint density at radius 3 is 2.69 bits per heavy atom. The van der Waals surface area contributed by atoms with E-state index in [0.29, 0.717) is 6.04 Å². The summed E-state index contributed by atoms with van der Waals surface area (Å²) in [6.07, 6.45) is 5.25. The van der Waals surface area contributed by atoms with Crippen molar-refractivity contribution in [3.63, 3.8) is 0 Å². The van der Waals surface area contributed by atoms with Crippen LogP contribution in [0.3, 0.4) is 0 Å². The highest BCUT2D eigenvalue weighted by molar-refractivity contribution is 5.73. The number of likely N-dealkylation sites (tertiary alicyclic amines) is 1. The Morgan fingerprint density at radius 1 is 1.28 bits per heavy atom. The van der Waals surface area contributed by atoms with Crippen molar-refractivity contribution in [2.75, 3.05) is 19.0 Å². The number of hydrogen-bond donors (Lipinski definition) is 1. The lowest BCUT2D eigenvalue weighted by Gasteiger charge is -2.40. The molecule has 2 aliphatic heterocycles. The average molecular weight is 395 g/mol. The van der Waals surface area contributed by atoms with Gasteiger partial charge >= 0.3 is 0 Å². The molecule has 1 N–H and O–H groups in total. The summed E-state index contributed by atoms with van der Waals surface area (Å²) in [4.78, 5) is 2.42. The molecule has 1 aromatic carbocycles. The minimum atomic E-state index is -0.216. The molecule has 0 amide bonds. The molecule has 0 bridgehead atoms. The Balaban J connectivity index is 1.68. The molecule has 0 radical (unpaired) electrons. The topological polar surface area (TPSA) is 42.3 Å². The zero-order valence-corrected chi connectivity index (χ0v) is 18.4. The van der Waals surface area contributed by atoms with Crippen molar-refractivity contribution in [2.24, 2.45) is 0 Å². The molecule has 0 aliphatic carbocycles. The number of fused-ring (bicyclic) bond motifs is 1. The van der Waals surface area contributed by atoms with Crippen molar-refractivity contribution in [1.29, 1.82) is 0 Å². The number of rotatable bonds is 5. The fraction of sp³-hybridized carbons (Fsp3) is 0.542. The monoisotopic (exact) mass is 394 g/mol. The summed E-state index contributed by atoms with van der Waals surface area (Å²) in [6.45, 7) is 14.4. The number of nitrogens with one attached hydrogen (secondary N) is 1. The van der Waals surface area contributed by atoms with Crippen molar-refractivity contribution in [3.8, 4) is 0 Å². The van der Waals surface area contributed by atoms with E-state index in [1.165, 1.54) is 5.56 Å². The minimum Gasteiger partial charge on any atom is -0.377 e. The third kappa shape index (κ3) is 3.46. The van der Waals surface area contributed by atoms with Gasteiger partial charge in [-0.15, -0.1) is 0 Å². The van der Waals surface area contributed by atoms with Crippen LogP contribution in [0.15, 0.2) is 43.1 Å². The highest BCUT2D eigenvalue weighted by atomic mass is 16.5. The number of methoxy groups -OCH3 is 1. The number of benzene rings is 1. The molecular formula is C24H34N4O. The van der Waals surface area contributed by atoms with E-state index in [1.54, 1.807) is 7.11 Å². The molecule has 5 heteroatoms. The standard InChI is InChI=1S/C24H34N4O/c1-17(27-14-10-13-21(27)24(4,5)29-6)19-16-25-28-22(19)26-20(15-23(28,2)3)18-11-8-7-9-12-18/h7-9,11-12,16,20-21,26H,1,10,13-15H2,2-6H3. The molecule has 0 spiro atoms. The summed E-state index contributed by atoms with van der Waals surface area (Å²) in [5.74, 6) is 1.07. The molecule has 1 saturated heterocycles. The second-order valence-electron chi connectivity index (χ2n) is 9.55. The molecule has 3 heterocycles. The Kier molecular flexibility index (Phi) is 4.97. The Labute approximate surface area is 174 Å². The maximum Gasteiger partial charge on any atom is 0.134 e. The van der Waals surface area contributed by atoms with Crippen LogP contribution in [0.4, 0.5) is 5.82 Å². The molecule has 4 rings (SSSR count). The first-order chi connectivity index (χ1) is 13.7. The normalized spacial score (nSPS) is 23.6. The highest BCUT2D eigenvalue weighted by Gasteiger charge is 2.41. The predicted molar refractivity (Wildman–Crippen MR) is 119 cm³/mol. The van der Waals surface area contributed by atoms with Gasteiger partial charge < -0.3 is 15.0 Å². The van der Waals surface area contributed by atoms with E-state index in [1.807, 2.05) is 6.20 Å². The van der Waals surface area contributed by atoms with Gasteiger partial charge in [0.1, 0.15) is 5.82 Å². The van der Waals surface area contributed by atoms with Crippen molar-refractivity contribution in [2.45, 2.75) is 70.2 Å². The van der Waals surface area contributed by atoms with Crippen LogP contribution in [0.5, 0.6) is 0 Å². The molecule has 29 heavy (non-hydrogen) atoms. The Bertz CT molecular complexity index is 884. The van der Waals surface area contributed by atoms with Crippen LogP contribution in [0.1, 0.15) is 64.1 Å². The molecule has 156 valence electrons. The lowest BCUT2D eigenvalue weighted by molar-refractivity contribution is -0.0271. The fourth-order valence-electron chi connectivity index (χ4n) is 4.95. The number of hydrogen-bond acceptors (Lipinski definition) is 4. The SMILES string of the molecule is C=C(c1cnn2c1NC(c1ccccc1)CC2(C)C)N1CCCC1C(C)(C)OC. The lowest BCUT2D eigenvalue weighted by atomic mass is 9.89. The average Bonchev–Trinajstić information content (AvgIpc) is 3.36. The summed E-state index contributed by atoms with van der Waals surface area (Å²) in [7, 11) is 1.80. The molecule has 1 aromatic heterocycles. The van der Waals surface area contributed by atoms with Gasteiger partial charge in [-0.1, -0.05) is 36.9 Å². The van der Waals surface area contributed by atoms with E-state index in [2.05, 4.69) is 79.5 Å². The number of nitrogens with zero attached hydrogens (tertiary/aromatic N) is 3. The van der Waals surface area contributed by atoms with Crippen LogP contribution < -0.4 is 5.32 Å². The Morgan fingerprint density at radius 2 is 2.00 bits per heavy atom. The van der Waals surface area contributed by atoms with Gasteiger partial charge in [0.2, 0.25) is 0 Å². The fourth-order valence-corrected chi connectivity index (χ4v) is 4.95. The van der Waals surface area contributed by atoms with Crippen LogP contribution in [0, 0.1) is 0 Å². The molecule has 1 fully saturated rings. The van der Waals surface area contributed by atoms with E-state index in [0.717, 1.165) is 42.9 Å². The van der Waals surface area contributed by atoms with Crippen LogP contribution >= 0.6 is 0 Å². The van der Waals surface area contributed by atoms with Crippen LogP contribution in [0.25, 0.3) is 5.70 Å². The van der Waals surface area contributed by atoms with E-state index in [4.69, 9.17) is 9.84 Å². The summed E-state index contributed by atoms with van der Waals surface area (Å²) < 4.78 is 7.96. The zero-order valence-electron chi connectivity index (χ0n) is 18.4. The van der Waals surface area contributed by atoms with Gasteiger partial charge in [0.25, 0.3) is 0 Å². The summed E-state index contributed by atoms with van der Waals surface area (Å²) in [6, 6.07) is 11.3. The van der Waals surface area contributed by atoms with Gasteiger partial charge in [-0.05, 0) is 52.5 Å². The van der Waals surface area contributed by atoms with Crippen LogP contribution in [0.2, 0.25) is 0 Å². The second-order valence-corrected chi connectivity index (χ2v) is 9.55. The highest BCUT2D eigenvalue weighted by Crippen LogP contribution is 2.43. The quantitative estimate of drug-likeness (QED) is 0.772.